The van der Waals surface area contributed by atoms with Crippen molar-refractivity contribution in [3.05, 3.63) is 54.4 Å². The monoisotopic (exact) mass is 320 g/mol. The Morgan fingerprint density at radius 1 is 1.00 bits per heavy atom. The molecule has 0 unspecified atom stereocenters. The third-order valence-corrected chi connectivity index (χ3v) is 4.03. The summed E-state index contributed by atoms with van der Waals surface area (Å²) in [7, 11) is 0. The summed E-state index contributed by atoms with van der Waals surface area (Å²) in [6, 6.07) is 15.6. The molecule has 7 heteroatoms. The van der Waals surface area contributed by atoms with Crippen LogP contribution in [0.15, 0.2) is 48.5 Å². The van der Waals surface area contributed by atoms with E-state index in [1.807, 2.05) is 57.8 Å². The predicted octanol–water partition coefficient (Wildman–Crippen LogP) is 1.70. The molecule has 0 spiro atoms. The number of hydrogen-bond acceptors (Lipinski definition) is 4. The number of primary amides is 1. The molecule has 24 heavy (non-hydrogen) atoms. The van der Waals surface area contributed by atoms with Crippen molar-refractivity contribution in [3.63, 3.8) is 0 Å². The minimum absolute atomic E-state index is 0.269. The van der Waals surface area contributed by atoms with Gasteiger partial charge in [0, 0.05) is 13.0 Å². The van der Waals surface area contributed by atoms with E-state index in [2.05, 4.69) is 10.3 Å². The first-order chi connectivity index (χ1) is 11.7. The van der Waals surface area contributed by atoms with E-state index in [4.69, 9.17) is 10.7 Å². The van der Waals surface area contributed by atoms with Crippen LogP contribution in [-0.4, -0.2) is 30.5 Å². The quantitative estimate of drug-likeness (QED) is 0.606. The zero-order valence-electron chi connectivity index (χ0n) is 13.0. The Labute approximate surface area is 137 Å². The highest BCUT2D eigenvalue weighted by Gasteiger charge is 2.13. The van der Waals surface area contributed by atoms with Crippen molar-refractivity contribution in [2.24, 2.45) is 5.73 Å². The molecule has 0 aliphatic carbocycles. The van der Waals surface area contributed by atoms with Crippen molar-refractivity contribution in [1.29, 1.82) is 0 Å². The van der Waals surface area contributed by atoms with Crippen LogP contribution in [0.2, 0.25) is 0 Å². The van der Waals surface area contributed by atoms with Crippen molar-refractivity contribution in [2.45, 2.75) is 19.5 Å². The number of nitrogens with two attached hydrogens (primary N) is 1. The third-order valence-electron chi connectivity index (χ3n) is 4.03. The molecule has 0 aliphatic heterocycles. The number of aromatic nitrogens is 5. The van der Waals surface area contributed by atoms with Gasteiger partial charge >= 0.3 is 0 Å². The van der Waals surface area contributed by atoms with E-state index < -0.39 is 0 Å². The van der Waals surface area contributed by atoms with E-state index in [-0.39, 0.29) is 12.3 Å². The zero-order valence-corrected chi connectivity index (χ0v) is 13.0. The number of para-hydroxylation sites is 3. The Kier molecular flexibility index (Phi) is 3.45. The minimum Gasteiger partial charge on any atom is -0.370 e. The van der Waals surface area contributed by atoms with Gasteiger partial charge in [-0.05, 0) is 24.3 Å². The molecule has 2 aromatic heterocycles. The van der Waals surface area contributed by atoms with E-state index in [9.17, 15) is 4.79 Å². The lowest BCUT2D eigenvalue weighted by Gasteiger charge is -2.08. The van der Waals surface area contributed by atoms with Gasteiger partial charge in [0.25, 0.3) is 0 Å². The molecule has 0 aliphatic rings. The number of hydrogen-bond donors (Lipinski definition) is 1. The summed E-state index contributed by atoms with van der Waals surface area (Å²) in [6.45, 7) is 0.978. The van der Waals surface area contributed by atoms with Gasteiger partial charge in [0.1, 0.15) is 17.9 Å². The first-order valence-corrected chi connectivity index (χ1v) is 7.73. The molecule has 0 saturated carbocycles. The fraction of sp³-hybridized carbons (Fsp3) is 0.176. The average molecular weight is 320 g/mol. The number of fused-ring (bicyclic) bond motifs is 2. The number of nitrogens with zero attached hydrogens (tertiary/aromatic N) is 5. The normalized spacial score (nSPS) is 11.3. The molecule has 1 amide bonds. The van der Waals surface area contributed by atoms with Gasteiger partial charge in [-0.25, -0.2) is 9.67 Å². The maximum atomic E-state index is 11.2. The summed E-state index contributed by atoms with van der Waals surface area (Å²) in [5.41, 5.74) is 8.98. The molecule has 7 nitrogen and oxygen atoms in total. The molecule has 0 fully saturated rings. The van der Waals surface area contributed by atoms with Crippen molar-refractivity contribution in [1.82, 2.24) is 24.5 Å². The van der Waals surface area contributed by atoms with Crippen molar-refractivity contribution in [2.75, 3.05) is 0 Å². The molecule has 2 aromatic carbocycles. The molecule has 4 rings (SSSR count). The van der Waals surface area contributed by atoms with Crippen LogP contribution < -0.4 is 5.73 Å². The van der Waals surface area contributed by atoms with Crippen LogP contribution in [0, 0.1) is 0 Å². The van der Waals surface area contributed by atoms with Crippen LogP contribution in [0.1, 0.15) is 12.2 Å². The second kappa shape index (κ2) is 5.77. The maximum Gasteiger partial charge on any atom is 0.219 e. The number of imidazole rings is 1. The second-order valence-electron chi connectivity index (χ2n) is 5.62. The molecule has 0 atom stereocenters. The van der Waals surface area contributed by atoms with Gasteiger partial charge in [0.05, 0.1) is 16.6 Å². The molecule has 0 bridgehead atoms. The fourth-order valence-corrected chi connectivity index (χ4v) is 2.89. The molecule has 120 valence electrons. The third kappa shape index (κ3) is 2.50. The van der Waals surface area contributed by atoms with Crippen LogP contribution in [0.25, 0.3) is 22.1 Å². The van der Waals surface area contributed by atoms with E-state index >= 15 is 0 Å². The Morgan fingerprint density at radius 2 is 1.71 bits per heavy atom. The van der Waals surface area contributed by atoms with Crippen LogP contribution in [0.5, 0.6) is 0 Å². The molecule has 4 aromatic rings. The molecule has 2 N–H and O–H groups in total. The zero-order chi connectivity index (χ0) is 16.5. The minimum atomic E-state index is -0.329. The van der Waals surface area contributed by atoms with Crippen LogP contribution in [0.4, 0.5) is 0 Å². The van der Waals surface area contributed by atoms with Crippen molar-refractivity contribution in [3.8, 4) is 0 Å². The molecule has 0 radical (unpaired) electrons. The van der Waals surface area contributed by atoms with Gasteiger partial charge in [-0.3, -0.25) is 4.79 Å². The summed E-state index contributed by atoms with van der Waals surface area (Å²) < 4.78 is 3.84. The summed E-state index contributed by atoms with van der Waals surface area (Å²) >= 11 is 0. The van der Waals surface area contributed by atoms with Crippen LogP contribution in [0.3, 0.4) is 0 Å². The highest BCUT2D eigenvalue weighted by atomic mass is 16.1. The smallest absolute Gasteiger partial charge is 0.219 e. The van der Waals surface area contributed by atoms with Gasteiger partial charge in [-0.2, -0.15) is 0 Å². The Balaban J connectivity index is 1.77. The summed E-state index contributed by atoms with van der Waals surface area (Å²) in [5, 5.41) is 8.39. The van der Waals surface area contributed by atoms with Gasteiger partial charge in [-0.15, -0.1) is 5.10 Å². The van der Waals surface area contributed by atoms with E-state index in [0.717, 1.165) is 27.9 Å². The molecule has 2 heterocycles. The number of carbonyl (C=O) groups is 1. The van der Waals surface area contributed by atoms with Crippen LogP contribution >= 0.6 is 0 Å². The SMILES string of the molecule is NC(=O)CCn1c(Cn2nnc3ccccc32)nc2ccccc21. The van der Waals surface area contributed by atoms with E-state index in [1.165, 1.54) is 0 Å². The lowest BCUT2D eigenvalue weighted by molar-refractivity contribution is -0.118. The van der Waals surface area contributed by atoms with Gasteiger partial charge in [0.2, 0.25) is 5.91 Å². The van der Waals surface area contributed by atoms with Crippen molar-refractivity contribution < 1.29 is 4.79 Å². The van der Waals surface area contributed by atoms with E-state index in [0.29, 0.717) is 13.1 Å². The fourth-order valence-electron chi connectivity index (χ4n) is 2.89. The topological polar surface area (TPSA) is 91.6 Å². The van der Waals surface area contributed by atoms with Gasteiger partial charge < -0.3 is 10.3 Å². The van der Waals surface area contributed by atoms with E-state index in [1.54, 1.807) is 0 Å². The van der Waals surface area contributed by atoms with Crippen molar-refractivity contribution >= 4 is 28.0 Å². The first-order valence-electron chi connectivity index (χ1n) is 7.73. The Hall–Kier alpha value is -3.22. The Morgan fingerprint density at radius 3 is 2.50 bits per heavy atom. The maximum absolute atomic E-state index is 11.2. The number of aryl methyl sites for hydroxylation is 1. The highest BCUT2D eigenvalue weighted by molar-refractivity contribution is 5.77. The molecular formula is C17H16N6O. The summed E-state index contributed by atoms with van der Waals surface area (Å²) in [6.07, 6.45) is 0.269. The predicted molar refractivity (Wildman–Crippen MR) is 90.2 cm³/mol. The first kappa shape index (κ1) is 14.4. The van der Waals surface area contributed by atoms with Gasteiger partial charge in [-0.1, -0.05) is 29.5 Å². The number of benzene rings is 2. The average Bonchev–Trinajstić information content (AvgIpc) is 3.15. The second-order valence-corrected chi connectivity index (χ2v) is 5.62. The summed E-state index contributed by atoms with van der Waals surface area (Å²) in [5.74, 6) is 0.498. The standard InChI is InChI=1S/C17H16N6O/c18-16(24)9-10-22-14-7-3-1-5-12(14)19-17(22)11-23-15-8-4-2-6-13(15)20-21-23/h1-8H,9-11H2,(H2,18,24). The van der Waals surface area contributed by atoms with Crippen LogP contribution in [-0.2, 0) is 17.9 Å². The highest BCUT2D eigenvalue weighted by Crippen LogP contribution is 2.19. The summed E-state index contributed by atoms with van der Waals surface area (Å²) in [4.78, 5) is 15.9. The number of carbonyl (C=O) groups excluding carboxylic acids is 1. The molecular weight excluding hydrogens is 304 g/mol. The number of amides is 1. The van der Waals surface area contributed by atoms with Gasteiger partial charge in [0.15, 0.2) is 0 Å². The largest absolute Gasteiger partial charge is 0.370 e. The number of rotatable bonds is 5. The lowest BCUT2D eigenvalue weighted by Crippen LogP contribution is -2.16. The molecule has 0 saturated heterocycles. The Bertz CT molecular complexity index is 1030. The lowest BCUT2D eigenvalue weighted by atomic mass is 10.3.